The van der Waals surface area contributed by atoms with Gasteiger partial charge in [0.15, 0.2) is 0 Å². The maximum absolute atomic E-state index is 6.21. The molecule has 0 amide bonds. The molecule has 19 heavy (non-hydrogen) atoms. The topological polar surface area (TPSA) is 9.23 Å². The molecule has 0 bridgehead atoms. The molecule has 1 heteroatoms. The van der Waals surface area contributed by atoms with Gasteiger partial charge in [0, 0.05) is 10.9 Å². The molecule has 0 saturated heterocycles. The summed E-state index contributed by atoms with van der Waals surface area (Å²) in [5.74, 6) is 1.09. The summed E-state index contributed by atoms with van der Waals surface area (Å²) in [7, 11) is 0. The van der Waals surface area contributed by atoms with Crippen LogP contribution in [0.4, 0.5) is 0 Å². The summed E-state index contributed by atoms with van der Waals surface area (Å²) in [6, 6.07) is 15.4. The molecule has 2 aliphatic rings. The molecule has 5 rings (SSSR count). The van der Waals surface area contributed by atoms with E-state index in [0.717, 1.165) is 12.2 Å². The van der Waals surface area contributed by atoms with Crippen molar-refractivity contribution in [1.29, 1.82) is 0 Å². The Morgan fingerprint density at radius 2 is 1.95 bits per heavy atom. The molecule has 1 aliphatic carbocycles. The van der Waals surface area contributed by atoms with Crippen LogP contribution in [0.1, 0.15) is 30.1 Å². The van der Waals surface area contributed by atoms with Gasteiger partial charge >= 0.3 is 0 Å². The van der Waals surface area contributed by atoms with E-state index in [1.807, 2.05) is 0 Å². The number of ether oxygens (including phenoxy) is 1. The molecule has 1 atom stereocenters. The minimum absolute atomic E-state index is 0.305. The molecule has 1 aliphatic heterocycles. The highest BCUT2D eigenvalue weighted by Gasteiger charge is 2.31. The van der Waals surface area contributed by atoms with Gasteiger partial charge in [-0.2, -0.15) is 0 Å². The molecule has 0 aromatic heterocycles. The van der Waals surface area contributed by atoms with Gasteiger partial charge < -0.3 is 4.74 Å². The van der Waals surface area contributed by atoms with Gasteiger partial charge in [-0.3, -0.25) is 0 Å². The Hall–Kier alpha value is -2.02. The molecular formula is C18H14O. The fourth-order valence-corrected chi connectivity index (χ4v) is 3.81. The number of aryl methyl sites for hydroxylation is 1. The zero-order chi connectivity index (χ0) is 12.4. The Morgan fingerprint density at radius 1 is 1.00 bits per heavy atom. The van der Waals surface area contributed by atoms with E-state index in [2.05, 4.69) is 42.5 Å². The van der Waals surface area contributed by atoms with E-state index < -0.39 is 0 Å². The second kappa shape index (κ2) is 3.30. The van der Waals surface area contributed by atoms with Crippen molar-refractivity contribution in [3.05, 3.63) is 53.6 Å². The first-order chi connectivity index (χ1) is 9.42. The fraction of sp³-hybridized carbons (Fsp3) is 0.222. The van der Waals surface area contributed by atoms with Crippen LogP contribution < -0.4 is 4.74 Å². The Morgan fingerprint density at radius 3 is 2.95 bits per heavy atom. The van der Waals surface area contributed by atoms with Crippen LogP contribution in [0.15, 0.2) is 42.5 Å². The van der Waals surface area contributed by atoms with Crippen molar-refractivity contribution in [2.75, 3.05) is 0 Å². The monoisotopic (exact) mass is 246 g/mol. The second-order valence-electron chi connectivity index (χ2n) is 5.66. The molecule has 3 aromatic carbocycles. The molecule has 1 heterocycles. The molecule has 0 N–H and O–H groups in total. The number of benzene rings is 3. The normalized spacial score (nSPS) is 19.9. The summed E-state index contributed by atoms with van der Waals surface area (Å²) in [6.07, 6.45) is 3.92. The second-order valence-corrected chi connectivity index (χ2v) is 5.66. The largest absolute Gasteiger partial charge is 0.485 e. The highest BCUT2D eigenvalue weighted by molar-refractivity contribution is 6.12. The molecule has 0 saturated carbocycles. The van der Waals surface area contributed by atoms with E-state index in [9.17, 15) is 0 Å². The quantitative estimate of drug-likeness (QED) is 0.519. The van der Waals surface area contributed by atoms with Gasteiger partial charge in [0.2, 0.25) is 0 Å². The van der Waals surface area contributed by atoms with Crippen molar-refractivity contribution in [2.24, 2.45) is 0 Å². The zero-order valence-corrected chi connectivity index (χ0v) is 10.6. The third-order valence-corrected chi connectivity index (χ3v) is 4.62. The first-order valence-electron chi connectivity index (χ1n) is 7.06. The lowest BCUT2D eigenvalue weighted by Gasteiger charge is -2.20. The zero-order valence-electron chi connectivity index (χ0n) is 10.6. The number of hydrogen-bond donors (Lipinski definition) is 0. The smallest absolute Gasteiger partial charge is 0.129 e. The predicted molar refractivity (Wildman–Crippen MR) is 77.8 cm³/mol. The molecule has 0 fully saturated rings. The van der Waals surface area contributed by atoms with Crippen molar-refractivity contribution < 1.29 is 4.74 Å². The Bertz CT molecular complexity index is 832. The van der Waals surface area contributed by atoms with Crippen molar-refractivity contribution in [2.45, 2.75) is 25.4 Å². The van der Waals surface area contributed by atoms with E-state index in [-0.39, 0.29) is 0 Å². The van der Waals surface area contributed by atoms with Gasteiger partial charge in [0.25, 0.3) is 0 Å². The predicted octanol–water partition coefficient (Wildman–Crippen LogP) is 4.76. The van der Waals surface area contributed by atoms with E-state index in [4.69, 9.17) is 4.74 Å². The fourth-order valence-electron chi connectivity index (χ4n) is 3.81. The summed E-state index contributed by atoms with van der Waals surface area (Å²) in [6.45, 7) is 0. The number of rotatable bonds is 0. The Kier molecular flexibility index (Phi) is 1.71. The summed E-state index contributed by atoms with van der Waals surface area (Å²) in [5, 5.41) is 5.36. The molecule has 92 valence electrons. The van der Waals surface area contributed by atoms with Crippen LogP contribution in [0, 0.1) is 0 Å². The standard InChI is InChI=1S/C18H14O/c1-2-6-13-12(4-1)10-16-18-14(13)9-8-11-5-3-7-15(19-16)17(11)18/h1-2,4,6,8-10,15H,3,5,7H2. The van der Waals surface area contributed by atoms with Crippen LogP contribution in [-0.2, 0) is 6.42 Å². The molecule has 0 radical (unpaired) electrons. The number of hydrogen-bond acceptors (Lipinski definition) is 1. The lowest BCUT2D eigenvalue weighted by molar-refractivity contribution is 0.201. The Balaban J connectivity index is 2.03. The van der Waals surface area contributed by atoms with Gasteiger partial charge in [-0.25, -0.2) is 0 Å². The minimum Gasteiger partial charge on any atom is -0.485 e. The maximum Gasteiger partial charge on any atom is 0.129 e. The molecule has 0 spiro atoms. The average Bonchev–Trinajstić information content (AvgIpc) is 2.83. The SMILES string of the molecule is c1ccc2c(c1)cc1c3c4c(ccc32)CCCC4O1. The molecule has 1 unspecified atom stereocenters. The number of fused-ring (bicyclic) bond motifs is 2. The summed E-state index contributed by atoms with van der Waals surface area (Å²) >= 11 is 0. The Labute approximate surface area is 111 Å². The van der Waals surface area contributed by atoms with Crippen LogP contribution in [-0.4, -0.2) is 0 Å². The van der Waals surface area contributed by atoms with Crippen molar-refractivity contribution >= 4 is 21.5 Å². The van der Waals surface area contributed by atoms with Crippen molar-refractivity contribution in [1.82, 2.24) is 0 Å². The van der Waals surface area contributed by atoms with E-state index >= 15 is 0 Å². The van der Waals surface area contributed by atoms with Crippen LogP contribution in [0.3, 0.4) is 0 Å². The van der Waals surface area contributed by atoms with Crippen LogP contribution in [0.5, 0.6) is 5.75 Å². The lowest BCUT2D eigenvalue weighted by Crippen LogP contribution is -2.10. The van der Waals surface area contributed by atoms with E-state index in [1.54, 1.807) is 0 Å². The average molecular weight is 246 g/mol. The summed E-state index contributed by atoms with van der Waals surface area (Å²) in [4.78, 5) is 0. The van der Waals surface area contributed by atoms with Crippen molar-refractivity contribution in [3.63, 3.8) is 0 Å². The summed E-state index contributed by atoms with van der Waals surface area (Å²) < 4.78 is 6.21. The highest BCUT2D eigenvalue weighted by atomic mass is 16.5. The van der Waals surface area contributed by atoms with Gasteiger partial charge in [0.05, 0.1) is 0 Å². The van der Waals surface area contributed by atoms with Crippen LogP contribution in [0.25, 0.3) is 21.5 Å². The van der Waals surface area contributed by atoms with Gasteiger partial charge in [-0.1, -0.05) is 36.4 Å². The van der Waals surface area contributed by atoms with Crippen LogP contribution >= 0.6 is 0 Å². The van der Waals surface area contributed by atoms with Crippen LogP contribution in [0.2, 0.25) is 0 Å². The molecular weight excluding hydrogens is 232 g/mol. The van der Waals surface area contributed by atoms with Gasteiger partial charge in [-0.05, 0) is 47.1 Å². The van der Waals surface area contributed by atoms with E-state index in [0.29, 0.717) is 6.10 Å². The van der Waals surface area contributed by atoms with E-state index in [1.165, 1.54) is 45.5 Å². The summed E-state index contributed by atoms with van der Waals surface area (Å²) in [5.41, 5.74) is 2.97. The van der Waals surface area contributed by atoms with Gasteiger partial charge in [-0.15, -0.1) is 0 Å². The lowest BCUT2D eigenvalue weighted by atomic mass is 9.86. The first kappa shape index (κ1) is 9.85. The first-order valence-corrected chi connectivity index (χ1v) is 7.06. The molecule has 3 aromatic rings. The third-order valence-electron chi connectivity index (χ3n) is 4.62. The highest BCUT2D eigenvalue weighted by Crippen LogP contribution is 2.49. The maximum atomic E-state index is 6.21. The van der Waals surface area contributed by atoms with Crippen molar-refractivity contribution in [3.8, 4) is 5.75 Å². The molecule has 1 nitrogen and oxygen atoms in total. The van der Waals surface area contributed by atoms with Gasteiger partial charge in [0.1, 0.15) is 11.9 Å². The minimum atomic E-state index is 0.305. The third kappa shape index (κ3) is 1.16.